The van der Waals surface area contributed by atoms with Crippen molar-refractivity contribution in [2.75, 3.05) is 7.11 Å². The molecule has 0 aliphatic carbocycles. The summed E-state index contributed by atoms with van der Waals surface area (Å²) in [4.78, 5) is 36.3. The highest BCUT2D eigenvalue weighted by Crippen LogP contribution is 2.14. The minimum atomic E-state index is -0.739. The summed E-state index contributed by atoms with van der Waals surface area (Å²) in [7, 11) is 1.28. The van der Waals surface area contributed by atoms with Gasteiger partial charge in [-0.1, -0.05) is 32.4 Å². The molecule has 0 saturated heterocycles. The first-order valence-electron chi connectivity index (χ1n) is 8.41. The van der Waals surface area contributed by atoms with Gasteiger partial charge in [0.05, 0.1) is 7.11 Å². The second-order valence-electron chi connectivity index (χ2n) is 6.04. The number of methoxy groups -OCH3 is 1. The van der Waals surface area contributed by atoms with Crippen molar-refractivity contribution in [3.63, 3.8) is 0 Å². The van der Waals surface area contributed by atoms with Crippen LogP contribution in [0.25, 0.3) is 11.4 Å². The highest BCUT2D eigenvalue weighted by molar-refractivity contribution is 5.93. The summed E-state index contributed by atoms with van der Waals surface area (Å²) in [6, 6.07) is 5.64. The molecule has 0 radical (unpaired) electrons. The Hall–Kier alpha value is -3.30. The van der Waals surface area contributed by atoms with Crippen LogP contribution in [0.3, 0.4) is 0 Å². The molecule has 10 heteroatoms. The van der Waals surface area contributed by atoms with Crippen LogP contribution in [0.4, 0.5) is 0 Å². The Kier molecular flexibility index (Phi) is 6.58. The molecular weight excluding hydrogens is 352 g/mol. The molecule has 1 aromatic heterocycles. The van der Waals surface area contributed by atoms with Crippen LogP contribution in [0.1, 0.15) is 30.6 Å². The van der Waals surface area contributed by atoms with Gasteiger partial charge in [0.2, 0.25) is 17.6 Å². The van der Waals surface area contributed by atoms with Gasteiger partial charge in [0, 0.05) is 11.1 Å². The van der Waals surface area contributed by atoms with E-state index < -0.39 is 23.8 Å². The van der Waals surface area contributed by atoms with E-state index in [9.17, 15) is 14.4 Å². The lowest BCUT2D eigenvalue weighted by atomic mass is 9.99. The zero-order chi connectivity index (χ0) is 20.0. The number of ether oxygens (including phenoxy) is 1. The minimum Gasteiger partial charge on any atom is -0.467 e. The van der Waals surface area contributed by atoms with Gasteiger partial charge in [-0.3, -0.25) is 9.59 Å². The Bertz CT molecular complexity index is 817. The topological polar surface area (TPSA) is 142 Å². The SMILES string of the molecule is CC[C@@H](C)[C@H](NC(=O)Cn1nnc(-c2ccc(C(N)=O)cc2)n1)C(=O)OC. The molecule has 2 atom stereocenters. The van der Waals surface area contributed by atoms with E-state index in [0.717, 1.165) is 4.80 Å². The smallest absolute Gasteiger partial charge is 0.328 e. The van der Waals surface area contributed by atoms with Gasteiger partial charge in [-0.25, -0.2) is 4.79 Å². The van der Waals surface area contributed by atoms with Crippen LogP contribution in [0.15, 0.2) is 24.3 Å². The fourth-order valence-corrected chi connectivity index (χ4v) is 2.35. The fourth-order valence-electron chi connectivity index (χ4n) is 2.35. The van der Waals surface area contributed by atoms with Gasteiger partial charge in [-0.2, -0.15) is 4.80 Å². The molecule has 2 amide bonds. The molecule has 0 aliphatic heterocycles. The Morgan fingerprint density at radius 3 is 2.48 bits per heavy atom. The van der Waals surface area contributed by atoms with Crippen molar-refractivity contribution in [3.8, 4) is 11.4 Å². The van der Waals surface area contributed by atoms with Gasteiger partial charge in [-0.15, -0.1) is 10.2 Å². The van der Waals surface area contributed by atoms with E-state index in [-0.39, 0.29) is 12.5 Å². The molecule has 0 aliphatic rings. The second kappa shape index (κ2) is 8.88. The maximum Gasteiger partial charge on any atom is 0.328 e. The first-order chi connectivity index (χ1) is 12.8. The molecular formula is C17H22N6O4. The first-order valence-corrected chi connectivity index (χ1v) is 8.41. The maximum absolute atomic E-state index is 12.2. The lowest BCUT2D eigenvalue weighted by molar-refractivity contribution is -0.146. The van der Waals surface area contributed by atoms with Crippen LogP contribution in [0, 0.1) is 5.92 Å². The van der Waals surface area contributed by atoms with Crippen molar-refractivity contribution in [3.05, 3.63) is 29.8 Å². The second-order valence-corrected chi connectivity index (χ2v) is 6.04. The largest absolute Gasteiger partial charge is 0.467 e. The van der Waals surface area contributed by atoms with Crippen LogP contribution >= 0.6 is 0 Å². The number of benzene rings is 1. The molecule has 3 N–H and O–H groups in total. The first kappa shape index (κ1) is 20.0. The Balaban J connectivity index is 2.04. The molecule has 0 bridgehead atoms. The fraction of sp³-hybridized carbons (Fsp3) is 0.412. The number of carbonyl (C=O) groups is 3. The third-order valence-corrected chi connectivity index (χ3v) is 4.15. The Morgan fingerprint density at radius 1 is 1.26 bits per heavy atom. The third-order valence-electron chi connectivity index (χ3n) is 4.15. The number of tetrazole rings is 1. The van der Waals surface area contributed by atoms with Crippen molar-refractivity contribution in [1.29, 1.82) is 0 Å². The molecule has 2 aromatic rings. The lowest BCUT2D eigenvalue weighted by Crippen LogP contribution is -2.46. The van der Waals surface area contributed by atoms with E-state index in [0.29, 0.717) is 23.4 Å². The molecule has 1 aromatic carbocycles. The molecule has 1 heterocycles. The Labute approximate surface area is 156 Å². The molecule has 27 heavy (non-hydrogen) atoms. The molecule has 0 fully saturated rings. The van der Waals surface area contributed by atoms with Crippen LogP contribution < -0.4 is 11.1 Å². The average molecular weight is 374 g/mol. The molecule has 2 rings (SSSR count). The summed E-state index contributed by atoms with van der Waals surface area (Å²) >= 11 is 0. The van der Waals surface area contributed by atoms with Crippen LogP contribution in [-0.2, 0) is 20.9 Å². The van der Waals surface area contributed by atoms with Crippen molar-refractivity contribution in [2.45, 2.75) is 32.9 Å². The van der Waals surface area contributed by atoms with E-state index >= 15 is 0 Å². The zero-order valence-corrected chi connectivity index (χ0v) is 15.4. The Morgan fingerprint density at radius 2 is 1.93 bits per heavy atom. The highest BCUT2D eigenvalue weighted by Gasteiger charge is 2.26. The number of nitrogens with two attached hydrogens (primary N) is 1. The van der Waals surface area contributed by atoms with E-state index in [2.05, 4.69) is 20.7 Å². The van der Waals surface area contributed by atoms with Gasteiger partial charge in [0.1, 0.15) is 12.6 Å². The normalized spacial score (nSPS) is 12.9. The summed E-state index contributed by atoms with van der Waals surface area (Å²) in [5.41, 5.74) is 6.19. The zero-order valence-electron chi connectivity index (χ0n) is 15.4. The number of nitrogens with zero attached hydrogens (tertiary/aromatic N) is 4. The number of primary amides is 1. The summed E-state index contributed by atoms with van der Waals surface area (Å²) in [5, 5.41) is 14.5. The summed E-state index contributed by atoms with van der Waals surface area (Å²) in [5.74, 6) is -1.25. The average Bonchev–Trinajstić information content (AvgIpc) is 3.13. The number of amides is 2. The van der Waals surface area contributed by atoms with E-state index in [1.807, 2.05) is 13.8 Å². The van der Waals surface area contributed by atoms with Crippen molar-refractivity contribution in [1.82, 2.24) is 25.5 Å². The van der Waals surface area contributed by atoms with E-state index in [1.165, 1.54) is 7.11 Å². The van der Waals surface area contributed by atoms with E-state index in [1.54, 1.807) is 24.3 Å². The standard InChI is InChI=1S/C17H22N6O4/c1-4-10(2)14(17(26)27-3)19-13(24)9-23-21-16(20-22-23)12-7-5-11(6-8-12)15(18)25/h5-8,10,14H,4,9H2,1-3H3,(H2,18,25)(H,19,24)/t10-,14+/m1/s1. The molecule has 144 valence electrons. The molecule has 10 nitrogen and oxygen atoms in total. The monoisotopic (exact) mass is 374 g/mol. The van der Waals surface area contributed by atoms with Gasteiger partial charge >= 0.3 is 5.97 Å². The summed E-state index contributed by atoms with van der Waals surface area (Å²) < 4.78 is 4.74. The molecule has 0 unspecified atom stereocenters. The van der Waals surface area contributed by atoms with Crippen molar-refractivity contribution < 1.29 is 19.1 Å². The molecule has 0 saturated carbocycles. The summed E-state index contributed by atoms with van der Waals surface area (Å²) in [6.07, 6.45) is 0.701. The quantitative estimate of drug-likeness (QED) is 0.626. The summed E-state index contributed by atoms with van der Waals surface area (Å²) in [6.45, 7) is 3.57. The van der Waals surface area contributed by atoms with E-state index in [4.69, 9.17) is 10.5 Å². The van der Waals surface area contributed by atoms with Gasteiger partial charge < -0.3 is 15.8 Å². The number of nitrogens with one attached hydrogen (secondary N) is 1. The van der Waals surface area contributed by atoms with Crippen LogP contribution in [0.5, 0.6) is 0 Å². The number of carbonyl (C=O) groups excluding carboxylic acids is 3. The van der Waals surface area contributed by atoms with Gasteiger partial charge in [0.25, 0.3) is 0 Å². The number of hydrogen-bond acceptors (Lipinski definition) is 7. The predicted molar refractivity (Wildman–Crippen MR) is 95.2 cm³/mol. The number of rotatable bonds is 8. The number of esters is 1. The number of aromatic nitrogens is 4. The van der Waals surface area contributed by atoms with Crippen LogP contribution in [-0.4, -0.2) is 51.1 Å². The third kappa shape index (κ3) is 5.09. The van der Waals surface area contributed by atoms with Crippen molar-refractivity contribution in [2.24, 2.45) is 11.7 Å². The highest BCUT2D eigenvalue weighted by atomic mass is 16.5. The van der Waals surface area contributed by atoms with Gasteiger partial charge in [0.15, 0.2) is 0 Å². The predicted octanol–water partition coefficient (Wildman–Crippen LogP) is 0.143. The van der Waals surface area contributed by atoms with Crippen molar-refractivity contribution >= 4 is 17.8 Å². The number of hydrogen-bond donors (Lipinski definition) is 2. The maximum atomic E-state index is 12.2. The van der Waals surface area contributed by atoms with Gasteiger partial charge in [-0.05, 0) is 23.3 Å². The molecule has 0 spiro atoms. The minimum absolute atomic E-state index is 0.0792. The van der Waals surface area contributed by atoms with Crippen LogP contribution in [0.2, 0.25) is 0 Å². The lowest BCUT2D eigenvalue weighted by Gasteiger charge is -2.21.